The summed E-state index contributed by atoms with van der Waals surface area (Å²) in [4.78, 5) is 11.6. The second-order valence-corrected chi connectivity index (χ2v) is 6.85. The Hall–Kier alpha value is -3.80. The molecule has 0 unspecified atom stereocenters. The number of hydrogen-bond donors (Lipinski definition) is 1. The van der Waals surface area contributed by atoms with Crippen LogP contribution in [-0.2, 0) is 6.54 Å². The Balaban J connectivity index is 1.66. The van der Waals surface area contributed by atoms with Gasteiger partial charge in [0.25, 0.3) is 0 Å². The predicted octanol–water partition coefficient (Wildman–Crippen LogP) is 5.03. The lowest BCUT2D eigenvalue weighted by Gasteiger charge is -2.21. The molecule has 6 nitrogen and oxygen atoms in total. The first kappa shape index (κ1) is 19.5. The van der Waals surface area contributed by atoms with Crippen molar-refractivity contribution in [2.24, 2.45) is 0 Å². The van der Waals surface area contributed by atoms with Crippen molar-refractivity contribution in [2.75, 3.05) is 31.5 Å². The molecule has 0 aliphatic rings. The molecule has 1 heterocycles. The van der Waals surface area contributed by atoms with Gasteiger partial charge in [-0.3, -0.25) is 0 Å². The number of ether oxygens (including phenoxy) is 2. The zero-order valence-electron chi connectivity index (χ0n) is 17.3. The van der Waals surface area contributed by atoms with E-state index < -0.39 is 0 Å². The van der Waals surface area contributed by atoms with Crippen LogP contribution < -0.4 is 19.7 Å². The second-order valence-electron chi connectivity index (χ2n) is 6.85. The van der Waals surface area contributed by atoms with Gasteiger partial charge in [0.1, 0.15) is 17.3 Å². The zero-order chi connectivity index (χ0) is 20.9. The normalized spacial score (nSPS) is 10.6. The van der Waals surface area contributed by atoms with Gasteiger partial charge in [-0.2, -0.15) is 4.98 Å². The number of hydrogen-bond acceptors (Lipinski definition) is 6. The Morgan fingerprint density at radius 3 is 2.37 bits per heavy atom. The molecule has 152 valence electrons. The van der Waals surface area contributed by atoms with Gasteiger partial charge in [-0.05, 0) is 54.1 Å². The van der Waals surface area contributed by atoms with Gasteiger partial charge in [-0.1, -0.05) is 24.3 Å². The predicted molar refractivity (Wildman–Crippen MR) is 121 cm³/mol. The highest BCUT2D eigenvalue weighted by Gasteiger charge is 2.13. The number of fused-ring (bicyclic) bond motifs is 1. The van der Waals surface area contributed by atoms with E-state index in [9.17, 15) is 0 Å². The third-order valence-corrected chi connectivity index (χ3v) is 4.95. The number of para-hydroxylation sites is 1. The van der Waals surface area contributed by atoms with Crippen LogP contribution in [0.3, 0.4) is 0 Å². The Bertz CT molecular complexity index is 1150. The van der Waals surface area contributed by atoms with Crippen LogP contribution in [0.15, 0.2) is 72.8 Å². The topological polar surface area (TPSA) is 59.5 Å². The van der Waals surface area contributed by atoms with Gasteiger partial charge in [0, 0.05) is 24.7 Å². The quantitative estimate of drug-likeness (QED) is 0.470. The average Bonchev–Trinajstić information content (AvgIpc) is 2.82. The summed E-state index contributed by atoms with van der Waals surface area (Å²) in [6.07, 6.45) is 0. The van der Waals surface area contributed by atoms with E-state index in [0.717, 1.165) is 39.5 Å². The molecule has 0 spiro atoms. The number of nitrogens with zero attached hydrogens (tertiary/aromatic N) is 3. The molecule has 4 aromatic rings. The van der Waals surface area contributed by atoms with E-state index in [2.05, 4.69) is 10.2 Å². The van der Waals surface area contributed by atoms with Crippen LogP contribution in [0.1, 0.15) is 5.56 Å². The van der Waals surface area contributed by atoms with Gasteiger partial charge in [-0.25, -0.2) is 4.98 Å². The summed E-state index contributed by atoms with van der Waals surface area (Å²) in [6.45, 7) is 0.598. The Labute approximate surface area is 176 Å². The maximum absolute atomic E-state index is 5.31. The molecule has 0 saturated heterocycles. The molecule has 0 bridgehead atoms. The minimum absolute atomic E-state index is 0.576. The molecule has 1 aromatic heterocycles. The summed E-state index contributed by atoms with van der Waals surface area (Å²) in [7, 11) is 5.33. The molecule has 4 rings (SSSR count). The van der Waals surface area contributed by atoms with Crippen molar-refractivity contribution in [2.45, 2.75) is 6.54 Å². The van der Waals surface area contributed by atoms with Crippen molar-refractivity contribution >= 4 is 28.4 Å². The summed E-state index contributed by atoms with van der Waals surface area (Å²) in [5.74, 6) is 3.06. The Kier molecular flexibility index (Phi) is 5.66. The molecule has 3 aromatic carbocycles. The largest absolute Gasteiger partial charge is 0.497 e. The molecule has 0 atom stereocenters. The number of methoxy groups -OCH3 is 2. The van der Waals surface area contributed by atoms with Crippen LogP contribution in [0.4, 0.5) is 17.5 Å². The molecular weight excluding hydrogens is 376 g/mol. The zero-order valence-corrected chi connectivity index (χ0v) is 17.3. The first-order valence-electron chi connectivity index (χ1n) is 9.69. The molecule has 0 amide bonds. The van der Waals surface area contributed by atoms with E-state index in [1.54, 1.807) is 14.2 Å². The molecule has 0 aliphatic heterocycles. The fraction of sp³-hybridized carbons (Fsp3) is 0.167. The van der Waals surface area contributed by atoms with Crippen LogP contribution in [0.5, 0.6) is 11.5 Å². The molecule has 6 heteroatoms. The highest BCUT2D eigenvalue weighted by molar-refractivity contribution is 5.92. The monoisotopic (exact) mass is 400 g/mol. The van der Waals surface area contributed by atoms with Crippen molar-refractivity contribution in [3.8, 4) is 11.5 Å². The smallest absolute Gasteiger partial charge is 0.225 e. The molecule has 30 heavy (non-hydrogen) atoms. The third kappa shape index (κ3) is 4.12. The van der Waals surface area contributed by atoms with E-state index in [-0.39, 0.29) is 0 Å². The highest BCUT2D eigenvalue weighted by atomic mass is 16.5. The minimum atomic E-state index is 0.576. The standard InChI is InChI=1S/C24H24N4O2/c1-28(18-11-13-19(29-2)14-12-18)23-21-9-4-5-10-22(21)26-24(27-23)25-16-17-7-6-8-20(15-17)30-3/h4-15H,16H2,1-3H3,(H,25,26,27). The van der Waals surface area contributed by atoms with E-state index in [4.69, 9.17) is 19.4 Å². The summed E-state index contributed by atoms with van der Waals surface area (Å²) in [5, 5.41) is 4.33. The Morgan fingerprint density at radius 2 is 1.60 bits per heavy atom. The van der Waals surface area contributed by atoms with Crippen LogP contribution in [0.2, 0.25) is 0 Å². The van der Waals surface area contributed by atoms with Gasteiger partial charge in [0.15, 0.2) is 0 Å². The lowest BCUT2D eigenvalue weighted by molar-refractivity contribution is 0.414. The van der Waals surface area contributed by atoms with Crippen LogP contribution in [-0.4, -0.2) is 31.2 Å². The van der Waals surface area contributed by atoms with Gasteiger partial charge >= 0.3 is 0 Å². The van der Waals surface area contributed by atoms with E-state index in [1.165, 1.54) is 0 Å². The van der Waals surface area contributed by atoms with Crippen molar-refractivity contribution in [1.82, 2.24) is 9.97 Å². The molecule has 0 fully saturated rings. The molecule has 0 radical (unpaired) electrons. The third-order valence-electron chi connectivity index (χ3n) is 4.95. The summed E-state index contributed by atoms with van der Waals surface area (Å²) in [6, 6.07) is 23.9. The summed E-state index contributed by atoms with van der Waals surface area (Å²) in [5.41, 5.74) is 2.99. The maximum Gasteiger partial charge on any atom is 0.225 e. The minimum Gasteiger partial charge on any atom is -0.497 e. The van der Waals surface area contributed by atoms with Crippen molar-refractivity contribution in [1.29, 1.82) is 0 Å². The highest BCUT2D eigenvalue weighted by Crippen LogP contribution is 2.30. The maximum atomic E-state index is 5.31. The summed E-state index contributed by atoms with van der Waals surface area (Å²) < 4.78 is 10.6. The molecule has 0 saturated carbocycles. The van der Waals surface area contributed by atoms with Gasteiger partial charge in [0.05, 0.1) is 19.7 Å². The second kappa shape index (κ2) is 8.69. The van der Waals surface area contributed by atoms with Crippen LogP contribution >= 0.6 is 0 Å². The van der Waals surface area contributed by atoms with Crippen LogP contribution in [0, 0.1) is 0 Å². The number of benzene rings is 3. The van der Waals surface area contributed by atoms with E-state index >= 15 is 0 Å². The van der Waals surface area contributed by atoms with Gasteiger partial charge < -0.3 is 19.7 Å². The first-order valence-corrected chi connectivity index (χ1v) is 9.69. The van der Waals surface area contributed by atoms with Gasteiger partial charge in [-0.15, -0.1) is 0 Å². The Morgan fingerprint density at radius 1 is 0.833 bits per heavy atom. The fourth-order valence-corrected chi connectivity index (χ4v) is 3.29. The molecule has 1 N–H and O–H groups in total. The number of anilines is 3. The first-order chi connectivity index (χ1) is 14.7. The van der Waals surface area contributed by atoms with Crippen molar-refractivity contribution in [3.63, 3.8) is 0 Å². The molecule has 0 aliphatic carbocycles. The lowest BCUT2D eigenvalue weighted by atomic mass is 10.2. The van der Waals surface area contributed by atoms with Gasteiger partial charge in [0.2, 0.25) is 5.95 Å². The fourth-order valence-electron chi connectivity index (χ4n) is 3.29. The number of rotatable bonds is 7. The number of aromatic nitrogens is 2. The SMILES string of the molecule is COc1ccc(N(C)c2nc(NCc3cccc(OC)c3)nc3ccccc23)cc1. The van der Waals surface area contributed by atoms with Crippen LogP contribution in [0.25, 0.3) is 10.9 Å². The van der Waals surface area contributed by atoms with E-state index in [0.29, 0.717) is 12.5 Å². The van der Waals surface area contributed by atoms with Crippen molar-refractivity contribution in [3.05, 3.63) is 78.4 Å². The summed E-state index contributed by atoms with van der Waals surface area (Å²) >= 11 is 0. The number of nitrogens with one attached hydrogen (secondary N) is 1. The van der Waals surface area contributed by atoms with Crippen molar-refractivity contribution < 1.29 is 9.47 Å². The molecular formula is C24H24N4O2. The lowest BCUT2D eigenvalue weighted by Crippen LogP contribution is -2.14. The van der Waals surface area contributed by atoms with E-state index in [1.807, 2.05) is 79.8 Å². The average molecular weight is 400 g/mol.